The van der Waals surface area contributed by atoms with Crippen LogP contribution in [0.25, 0.3) is 11.1 Å². The zero-order valence-electron chi connectivity index (χ0n) is 13.3. The topological polar surface area (TPSA) is 33.2 Å². The van der Waals surface area contributed by atoms with Crippen LogP contribution in [0.5, 0.6) is 0 Å². The summed E-state index contributed by atoms with van der Waals surface area (Å²) in [5, 5.41) is 0.113. The Bertz CT molecular complexity index is 743. The molecule has 2 fully saturated rings. The minimum absolute atomic E-state index is 0.113. The molecule has 3 nitrogen and oxygen atoms in total. The van der Waals surface area contributed by atoms with Gasteiger partial charge < -0.3 is 4.90 Å². The van der Waals surface area contributed by atoms with E-state index in [0.29, 0.717) is 11.8 Å². The highest BCUT2D eigenvalue weighted by molar-refractivity contribution is 9.10. The number of halogens is 1. The summed E-state index contributed by atoms with van der Waals surface area (Å²) in [6.45, 7) is 0. The van der Waals surface area contributed by atoms with Gasteiger partial charge in [-0.1, -0.05) is 40.9 Å². The Kier molecular flexibility index (Phi) is 4.63. The average molecular weight is 403 g/mol. The Morgan fingerprint density at radius 1 is 1.12 bits per heavy atom. The maximum Gasteiger partial charge on any atom is 0.234 e. The molecule has 4 rings (SSSR count). The zero-order chi connectivity index (χ0) is 16.5. The number of benzene rings is 1. The molecule has 2 aliphatic rings. The summed E-state index contributed by atoms with van der Waals surface area (Å²) in [4.78, 5) is 19.0. The van der Waals surface area contributed by atoms with Crippen molar-refractivity contribution >= 4 is 33.6 Å². The molecule has 1 aliphatic heterocycles. The summed E-state index contributed by atoms with van der Waals surface area (Å²) < 4.78 is 1.06. The molecular weight excluding hydrogens is 384 g/mol. The van der Waals surface area contributed by atoms with E-state index in [-0.39, 0.29) is 11.3 Å². The molecular formula is C19H19BrN2OS. The Labute approximate surface area is 155 Å². The summed E-state index contributed by atoms with van der Waals surface area (Å²) in [5.74, 6) is 0.874. The van der Waals surface area contributed by atoms with Crippen molar-refractivity contribution < 1.29 is 4.79 Å². The van der Waals surface area contributed by atoms with Gasteiger partial charge in [-0.05, 0) is 42.2 Å². The fourth-order valence-corrected chi connectivity index (χ4v) is 5.29. The standard InChI is InChI=1S/C19H19BrN2OS/c20-14-7-5-13(6-8-14)17-11-21-10-9-16(17)19-22(18(23)12-24-19)15-3-1-2-4-15/h5-11,15,19H,1-4,12H2. The van der Waals surface area contributed by atoms with Crippen LogP contribution < -0.4 is 0 Å². The zero-order valence-corrected chi connectivity index (χ0v) is 15.7. The third kappa shape index (κ3) is 3.00. The number of pyridine rings is 1. The van der Waals surface area contributed by atoms with Gasteiger partial charge in [-0.3, -0.25) is 9.78 Å². The molecule has 0 N–H and O–H groups in total. The number of amides is 1. The summed E-state index contributed by atoms with van der Waals surface area (Å²) in [5.41, 5.74) is 3.47. The van der Waals surface area contributed by atoms with Crippen molar-refractivity contribution in [2.45, 2.75) is 37.1 Å². The summed E-state index contributed by atoms with van der Waals surface area (Å²) in [6, 6.07) is 10.8. The first-order valence-corrected chi connectivity index (χ1v) is 10.2. The molecule has 5 heteroatoms. The number of carbonyl (C=O) groups is 1. The smallest absolute Gasteiger partial charge is 0.234 e. The second-order valence-corrected chi connectivity index (χ2v) is 8.36. The fraction of sp³-hybridized carbons (Fsp3) is 0.368. The van der Waals surface area contributed by atoms with Crippen molar-refractivity contribution in [1.29, 1.82) is 0 Å². The number of aromatic nitrogens is 1. The Morgan fingerprint density at radius 2 is 1.88 bits per heavy atom. The van der Waals surface area contributed by atoms with Crippen molar-refractivity contribution in [2.75, 3.05) is 5.75 Å². The SMILES string of the molecule is O=C1CSC(c2ccncc2-c2ccc(Br)cc2)N1C1CCCC1. The molecule has 1 atom stereocenters. The molecule has 0 radical (unpaired) electrons. The van der Waals surface area contributed by atoms with Gasteiger partial charge in [-0.15, -0.1) is 11.8 Å². The minimum atomic E-state index is 0.113. The van der Waals surface area contributed by atoms with Gasteiger partial charge in [0.25, 0.3) is 0 Å². The molecule has 1 aliphatic carbocycles. The minimum Gasteiger partial charge on any atom is -0.323 e. The van der Waals surface area contributed by atoms with Crippen molar-refractivity contribution in [3.8, 4) is 11.1 Å². The summed E-state index contributed by atoms with van der Waals surface area (Å²) >= 11 is 5.24. The van der Waals surface area contributed by atoms with Gasteiger partial charge in [0, 0.05) is 28.5 Å². The Hall–Kier alpha value is -1.33. The third-order valence-electron chi connectivity index (χ3n) is 4.90. The van der Waals surface area contributed by atoms with Crippen molar-refractivity contribution in [3.05, 3.63) is 52.8 Å². The second-order valence-electron chi connectivity index (χ2n) is 6.37. The van der Waals surface area contributed by atoms with Crippen molar-refractivity contribution in [2.24, 2.45) is 0 Å². The number of carbonyl (C=O) groups excluding carboxylic acids is 1. The number of hydrogen-bond acceptors (Lipinski definition) is 3. The van der Waals surface area contributed by atoms with E-state index in [1.807, 2.05) is 24.5 Å². The van der Waals surface area contributed by atoms with Crippen LogP contribution in [0.4, 0.5) is 0 Å². The van der Waals surface area contributed by atoms with Crippen LogP contribution in [0.2, 0.25) is 0 Å². The van der Waals surface area contributed by atoms with Gasteiger partial charge >= 0.3 is 0 Å². The lowest BCUT2D eigenvalue weighted by atomic mass is 10.0. The highest BCUT2D eigenvalue weighted by Gasteiger charge is 2.39. The number of nitrogens with zero attached hydrogens (tertiary/aromatic N) is 2. The second kappa shape index (κ2) is 6.89. The summed E-state index contributed by atoms with van der Waals surface area (Å²) in [7, 11) is 0. The Balaban J connectivity index is 1.73. The van der Waals surface area contributed by atoms with E-state index >= 15 is 0 Å². The molecule has 1 saturated carbocycles. The van der Waals surface area contributed by atoms with Gasteiger partial charge in [0.2, 0.25) is 5.91 Å². The van der Waals surface area contributed by atoms with E-state index < -0.39 is 0 Å². The molecule has 2 heterocycles. The lowest BCUT2D eigenvalue weighted by Crippen LogP contribution is -2.36. The van der Waals surface area contributed by atoms with E-state index in [2.05, 4.69) is 44.0 Å². The van der Waals surface area contributed by atoms with Crippen LogP contribution in [0.15, 0.2) is 47.2 Å². The average Bonchev–Trinajstić information content (AvgIpc) is 3.25. The third-order valence-corrected chi connectivity index (χ3v) is 6.64. The predicted molar refractivity (Wildman–Crippen MR) is 102 cm³/mol. The van der Waals surface area contributed by atoms with Gasteiger partial charge in [0.05, 0.1) is 5.75 Å². The van der Waals surface area contributed by atoms with E-state index in [1.165, 1.54) is 18.4 Å². The van der Waals surface area contributed by atoms with Gasteiger partial charge in [-0.25, -0.2) is 0 Å². The molecule has 1 unspecified atom stereocenters. The molecule has 1 aromatic carbocycles. The highest BCUT2D eigenvalue weighted by atomic mass is 79.9. The fourth-order valence-electron chi connectivity index (χ4n) is 3.74. The Morgan fingerprint density at radius 3 is 2.62 bits per heavy atom. The van der Waals surface area contributed by atoms with E-state index in [4.69, 9.17) is 0 Å². The van der Waals surface area contributed by atoms with Crippen LogP contribution in [0.3, 0.4) is 0 Å². The molecule has 0 spiro atoms. The molecule has 1 saturated heterocycles. The van der Waals surface area contributed by atoms with Gasteiger partial charge in [0.1, 0.15) is 5.37 Å². The largest absolute Gasteiger partial charge is 0.323 e. The lowest BCUT2D eigenvalue weighted by Gasteiger charge is -2.31. The molecule has 0 bridgehead atoms. The van der Waals surface area contributed by atoms with E-state index in [0.717, 1.165) is 28.4 Å². The molecule has 24 heavy (non-hydrogen) atoms. The first-order valence-electron chi connectivity index (χ1n) is 8.36. The summed E-state index contributed by atoms with van der Waals surface area (Å²) in [6.07, 6.45) is 8.52. The molecule has 124 valence electrons. The first-order chi connectivity index (χ1) is 11.7. The monoisotopic (exact) mass is 402 g/mol. The molecule has 2 aromatic rings. The van der Waals surface area contributed by atoms with Gasteiger partial charge in [0.15, 0.2) is 0 Å². The van der Waals surface area contributed by atoms with Crippen molar-refractivity contribution in [1.82, 2.24) is 9.88 Å². The first kappa shape index (κ1) is 16.2. The van der Waals surface area contributed by atoms with Crippen LogP contribution in [-0.2, 0) is 4.79 Å². The number of rotatable bonds is 3. The quantitative estimate of drug-likeness (QED) is 0.721. The van der Waals surface area contributed by atoms with Crippen LogP contribution in [-0.4, -0.2) is 27.6 Å². The maximum absolute atomic E-state index is 12.5. The van der Waals surface area contributed by atoms with E-state index in [1.54, 1.807) is 11.8 Å². The van der Waals surface area contributed by atoms with Crippen molar-refractivity contribution in [3.63, 3.8) is 0 Å². The number of hydrogen-bond donors (Lipinski definition) is 0. The van der Waals surface area contributed by atoms with Crippen LogP contribution >= 0.6 is 27.7 Å². The molecule has 1 aromatic heterocycles. The molecule has 1 amide bonds. The highest BCUT2D eigenvalue weighted by Crippen LogP contribution is 2.45. The van der Waals surface area contributed by atoms with Crippen LogP contribution in [0.1, 0.15) is 36.6 Å². The normalized spacial score (nSPS) is 21.6. The van der Waals surface area contributed by atoms with Crippen LogP contribution in [0, 0.1) is 0 Å². The van der Waals surface area contributed by atoms with Gasteiger partial charge in [-0.2, -0.15) is 0 Å². The predicted octanol–water partition coefficient (Wildman–Crippen LogP) is 5.03. The number of thioether (sulfide) groups is 1. The van der Waals surface area contributed by atoms with E-state index in [9.17, 15) is 4.79 Å². The lowest BCUT2D eigenvalue weighted by molar-refractivity contribution is -0.130. The maximum atomic E-state index is 12.5.